The van der Waals surface area contributed by atoms with Crippen LogP contribution in [-0.4, -0.2) is 49.1 Å². The number of nitrogens with zero attached hydrogens (tertiary/aromatic N) is 1. The largest absolute Gasteiger partial charge is 0.475 e. The van der Waals surface area contributed by atoms with Gasteiger partial charge in [-0.1, -0.05) is 13.8 Å². The third-order valence-corrected chi connectivity index (χ3v) is 2.77. The molecule has 2 amide bonds. The molecule has 1 aromatic rings. The van der Waals surface area contributed by atoms with Crippen LogP contribution in [-0.2, 0) is 4.74 Å². The summed E-state index contributed by atoms with van der Waals surface area (Å²) in [5.41, 5.74) is 0.551. The number of anilines is 1. The zero-order valence-corrected chi connectivity index (χ0v) is 13.3. The van der Waals surface area contributed by atoms with Crippen LogP contribution >= 0.6 is 0 Å². The van der Waals surface area contributed by atoms with E-state index in [0.717, 1.165) is 0 Å². The Morgan fingerprint density at radius 2 is 2.14 bits per heavy atom. The molecule has 1 atom stereocenters. The molecule has 124 valence electrons. The van der Waals surface area contributed by atoms with Crippen molar-refractivity contribution >= 4 is 11.7 Å². The quantitative estimate of drug-likeness (QED) is 0.603. The van der Waals surface area contributed by atoms with Crippen LogP contribution in [0.3, 0.4) is 0 Å². The number of aliphatic hydroxyl groups excluding tert-OH is 1. The van der Waals surface area contributed by atoms with E-state index in [1.54, 1.807) is 19.2 Å². The first-order chi connectivity index (χ1) is 10.5. The van der Waals surface area contributed by atoms with Crippen LogP contribution in [0.2, 0.25) is 0 Å². The molecule has 0 aliphatic rings. The summed E-state index contributed by atoms with van der Waals surface area (Å²) < 4.78 is 10.2. The van der Waals surface area contributed by atoms with Gasteiger partial charge in [-0.25, -0.2) is 9.78 Å². The second kappa shape index (κ2) is 9.97. The molecule has 7 heteroatoms. The monoisotopic (exact) mass is 311 g/mol. The van der Waals surface area contributed by atoms with Crippen molar-refractivity contribution in [1.29, 1.82) is 0 Å². The molecule has 0 unspecified atom stereocenters. The molecular formula is C15H25N3O4. The van der Waals surface area contributed by atoms with Crippen molar-refractivity contribution in [2.45, 2.75) is 26.4 Å². The van der Waals surface area contributed by atoms with Gasteiger partial charge in [0.05, 0.1) is 24.6 Å². The van der Waals surface area contributed by atoms with Crippen molar-refractivity contribution in [3.8, 4) is 5.88 Å². The Hall–Kier alpha value is -1.86. The maximum Gasteiger partial charge on any atom is 0.319 e. The summed E-state index contributed by atoms with van der Waals surface area (Å²) >= 11 is 0. The molecule has 0 aliphatic heterocycles. The SMILES string of the molecule is COCCOc1ccc(NC(=O)NC[C@H](O)CC(C)C)cn1. The highest BCUT2D eigenvalue weighted by Gasteiger charge is 2.09. The minimum Gasteiger partial charge on any atom is -0.475 e. The molecule has 0 radical (unpaired) electrons. The Morgan fingerprint density at radius 1 is 1.36 bits per heavy atom. The Bertz CT molecular complexity index is 437. The van der Waals surface area contributed by atoms with Crippen LogP contribution in [0.15, 0.2) is 18.3 Å². The van der Waals surface area contributed by atoms with E-state index >= 15 is 0 Å². The van der Waals surface area contributed by atoms with Crippen molar-refractivity contribution in [2.24, 2.45) is 5.92 Å². The van der Waals surface area contributed by atoms with Crippen LogP contribution in [0.1, 0.15) is 20.3 Å². The molecule has 1 heterocycles. The van der Waals surface area contributed by atoms with Gasteiger partial charge in [-0.15, -0.1) is 0 Å². The van der Waals surface area contributed by atoms with Crippen molar-refractivity contribution in [3.05, 3.63) is 18.3 Å². The number of amides is 2. The van der Waals surface area contributed by atoms with Crippen LogP contribution in [0.5, 0.6) is 5.88 Å². The average Bonchev–Trinajstić information content (AvgIpc) is 2.46. The third-order valence-electron chi connectivity index (χ3n) is 2.77. The maximum absolute atomic E-state index is 11.7. The number of nitrogens with one attached hydrogen (secondary N) is 2. The predicted octanol–water partition coefficient (Wildman–Crippen LogP) is 1.64. The Labute approximate surface area is 131 Å². The van der Waals surface area contributed by atoms with Crippen LogP contribution in [0.25, 0.3) is 0 Å². The normalized spacial score (nSPS) is 12.0. The van der Waals surface area contributed by atoms with Crippen LogP contribution in [0.4, 0.5) is 10.5 Å². The summed E-state index contributed by atoms with van der Waals surface area (Å²) in [6.07, 6.45) is 1.61. The van der Waals surface area contributed by atoms with Gasteiger partial charge in [0.25, 0.3) is 0 Å². The molecule has 0 aromatic carbocycles. The zero-order valence-electron chi connectivity index (χ0n) is 13.3. The van der Waals surface area contributed by atoms with Gasteiger partial charge in [-0.2, -0.15) is 0 Å². The fourth-order valence-corrected chi connectivity index (χ4v) is 1.78. The number of aliphatic hydroxyl groups is 1. The summed E-state index contributed by atoms with van der Waals surface area (Å²) in [4.78, 5) is 15.8. The first kappa shape index (κ1) is 18.2. The van der Waals surface area contributed by atoms with Crippen molar-refractivity contribution in [2.75, 3.05) is 32.2 Å². The Balaban J connectivity index is 2.32. The molecule has 0 saturated heterocycles. The van der Waals surface area contributed by atoms with Gasteiger partial charge in [-0.3, -0.25) is 0 Å². The minimum atomic E-state index is -0.541. The maximum atomic E-state index is 11.7. The molecule has 0 bridgehead atoms. The van der Waals surface area contributed by atoms with Gasteiger partial charge in [-0.05, 0) is 18.4 Å². The first-order valence-corrected chi connectivity index (χ1v) is 7.32. The van der Waals surface area contributed by atoms with Gasteiger partial charge in [0.15, 0.2) is 0 Å². The van der Waals surface area contributed by atoms with E-state index in [2.05, 4.69) is 15.6 Å². The average molecular weight is 311 g/mol. The highest BCUT2D eigenvalue weighted by atomic mass is 16.5. The highest BCUT2D eigenvalue weighted by molar-refractivity contribution is 5.89. The Kier molecular flexibility index (Phi) is 8.24. The molecule has 0 aliphatic carbocycles. The molecular weight excluding hydrogens is 286 g/mol. The van der Waals surface area contributed by atoms with Gasteiger partial charge >= 0.3 is 6.03 Å². The lowest BCUT2D eigenvalue weighted by atomic mass is 10.1. The van der Waals surface area contributed by atoms with Gasteiger partial charge in [0.1, 0.15) is 6.61 Å². The first-order valence-electron chi connectivity index (χ1n) is 7.32. The lowest BCUT2D eigenvalue weighted by Crippen LogP contribution is -2.35. The molecule has 3 N–H and O–H groups in total. The van der Waals surface area contributed by atoms with Gasteiger partial charge in [0, 0.05) is 19.7 Å². The lowest BCUT2D eigenvalue weighted by Gasteiger charge is -2.14. The van der Waals surface area contributed by atoms with Gasteiger partial charge in [0.2, 0.25) is 5.88 Å². The van der Waals surface area contributed by atoms with E-state index in [9.17, 15) is 9.90 Å². The number of hydrogen-bond donors (Lipinski definition) is 3. The highest BCUT2D eigenvalue weighted by Crippen LogP contribution is 2.11. The summed E-state index contributed by atoms with van der Waals surface area (Å²) in [5.74, 6) is 0.852. The summed E-state index contributed by atoms with van der Waals surface area (Å²) in [5, 5.41) is 15.0. The lowest BCUT2D eigenvalue weighted by molar-refractivity contribution is 0.144. The number of pyridine rings is 1. The summed E-state index contributed by atoms with van der Waals surface area (Å²) in [7, 11) is 1.60. The number of methoxy groups -OCH3 is 1. The van der Waals surface area contributed by atoms with E-state index in [1.807, 2.05) is 13.8 Å². The standard InChI is InChI=1S/C15H25N3O4/c1-11(2)8-13(19)10-17-15(20)18-12-4-5-14(16-9-12)22-7-6-21-3/h4-5,9,11,13,19H,6-8,10H2,1-3H3,(H2,17,18,20)/t13-/m1/s1. The number of carbonyl (C=O) groups is 1. The molecule has 0 saturated carbocycles. The van der Waals surface area contributed by atoms with Gasteiger partial charge < -0.3 is 25.2 Å². The third kappa shape index (κ3) is 7.80. The topological polar surface area (TPSA) is 92.7 Å². The number of carbonyl (C=O) groups excluding carboxylic acids is 1. The minimum absolute atomic E-state index is 0.218. The van der Waals surface area contributed by atoms with Crippen molar-refractivity contribution in [1.82, 2.24) is 10.3 Å². The van der Waals surface area contributed by atoms with Crippen LogP contribution < -0.4 is 15.4 Å². The number of hydrogen-bond acceptors (Lipinski definition) is 5. The van der Waals surface area contributed by atoms with E-state index in [1.165, 1.54) is 6.20 Å². The molecule has 1 aromatic heterocycles. The zero-order chi connectivity index (χ0) is 16.4. The second-order valence-electron chi connectivity index (χ2n) is 5.34. The fourth-order valence-electron chi connectivity index (χ4n) is 1.78. The summed E-state index contributed by atoms with van der Waals surface area (Å²) in [6, 6.07) is 2.98. The molecule has 0 spiro atoms. The number of urea groups is 1. The number of aromatic nitrogens is 1. The second-order valence-corrected chi connectivity index (χ2v) is 5.34. The van der Waals surface area contributed by atoms with E-state index in [0.29, 0.717) is 37.1 Å². The van der Waals surface area contributed by atoms with Crippen molar-refractivity contribution < 1.29 is 19.4 Å². The smallest absolute Gasteiger partial charge is 0.319 e. The number of ether oxygens (including phenoxy) is 2. The van der Waals surface area contributed by atoms with E-state index in [4.69, 9.17) is 9.47 Å². The van der Waals surface area contributed by atoms with E-state index < -0.39 is 6.10 Å². The molecule has 1 rings (SSSR count). The molecule has 22 heavy (non-hydrogen) atoms. The van der Waals surface area contributed by atoms with E-state index in [-0.39, 0.29) is 12.6 Å². The Morgan fingerprint density at radius 3 is 2.73 bits per heavy atom. The summed E-state index contributed by atoms with van der Waals surface area (Å²) in [6.45, 7) is 5.17. The molecule has 0 fully saturated rings. The number of rotatable bonds is 9. The predicted molar refractivity (Wildman–Crippen MR) is 84.1 cm³/mol. The van der Waals surface area contributed by atoms with Crippen LogP contribution in [0, 0.1) is 5.92 Å². The molecule has 7 nitrogen and oxygen atoms in total. The fraction of sp³-hybridized carbons (Fsp3) is 0.600. The van der Waals surface area contributed by atoms with Crippen molar-refractivity contribution in [3.63, 3.8) is 0 Å².